The number of piperazine rings is 1. The van der Waals surface area contributed by atoms with Gasteiger partial charge in [0.05, 0.1) is 18.6 Å². The van der Waals surface area contributed by atoms with Crippen molar-refractivity contribution in [2.75, 3.05) is 24.5 Å². The number of carbonyl (C=O) groups is 1. The predicted octanol–water partition coefficient (Wildman–Crippen LogP) is -0.158. The Morgan fingerprint density at radius 1 is 1.28 bits per heavy atom. The molecule has 1 fully saturated rings. The molecular formula is C16H18N8O. The van der Waals surface area contributed by atoms with Crippen LogP contribution in [-0.4, -0.2) is 56.5 Å². The molecule has 4 heterocycles. The quantitative estimate of drug-likeness (QED) is 0.606. The Balaban J connectivity index is 1.44. The SMILES string of the molecule is O=C(NCc1ccccn1)C1CN(c2ncnc3nc[nH]c23)CCN1. The maximum absolute atomic E-state index is 12.5. The van der Waals surface area contributed by atoms with Gasteiger partial charge in [0.2, 0.25) is 5.91 Å². The number of rotatable bonds is 4. The van der Waals surface area contributed by atoms with E-state index in [2.05, 4.69) is 40.5 Å². The molecule has 3 N–H and O–H groups in total. The number of hydrogen-bond donors (Lipinski definition) is 3. The van der Waals surface area contributed by atoms with E-state index in [1.165, 1.54) is 6.33 Å². The van der Waals surface area contributed by atoms with Crippen LogP contribution >= 0.6 is 0 Å². The second-order valence-electron chi connectivity index (χ2n) is 5.79. The highest BCUT2D eigenvalue weighted by Gasteiger charge is 2.27. The van der Waals surface area contributed by atoms with Crippen molar-refractivity contribution < 1.29 is 4.79 Å². The summed E-state index contributed by atoms with van der Waals surface area (Å²) in [5.41, 5.74) is 2.25. The molecule has 128 valence electrons. The second kappa shape index (κ2) is 6.81. The summed E-state index contributed by atoms with van der Waals surface area (Å²) in [4.78, 5) is 34.5. The van der Waals surface area contributed by atoms with E-state index in [9.17, 15) is 4.79 Å². The normalized spacial score (nSPS) is 17.6. The maximum Gasteiger partial charge on any atom is 0.239 e. The lowest BCUT2D eigenvalue weighted by Gasteiger charge is -2.33. The van der Waals surface area contributed by atoms with E-state index in [0.717, 1.165) is 23.6 Å². The summed E-state index contributed by atoms with van der Waals surface area (Å²) in [6.45, 7) is 2.39. The van der Waals surface area contributed by atoms with Crippen molar-refractivity contribution in [1.82, 2.24) is 35.6 Å². The number of anilines is 1. The van der Waals surface area contributed by atoms with Gasteiger partial charge in [0.15, 0.2) is 11.5 Å². The van der Waals surface area contributed by atoms with Crippen LogP contribution in [0.25, 0.3) is 11.2 Å². The number of hydrogen-bond acceptors (Lipinski definition) is 7. The van der Waals surface area contributed by atoms with Gasteiger partial charge in [0, 0.05) is 25.8 Å². The van der Waals surface area contributed by atoms with Gasteiger partial charge < -0.3 is 20.5 Å². The molecule has 1 atom stereocenters. The fraction of sp³-hybridized carbons (Fsp3) is 0.312. The van der Waals surface area contributed by atoms with Gasteiger partial charge in [-0.1, -0.05) is 6.07 Å². The lowest BCUT2D eigenvalue weighted by molar-refractivity contribution is -0.123. The van der Waals surface area contributed by atoms with Gasteiger partial charge >= 0.3 is 0 Å². The Kier molecular flexibility index (Phi) is 4.21. The standard InChI is InChI=1S/C16H18N8O/c25-16(19-7-11-3-1-2-4-17-11)12-8-24(6-5-18-12)15-13-14(21-9-20-13)22-10-23-15/h1-4,9-10,12,18H,5-8H2,(H,19,25)(H,20,21,22,23). The third kappa shape index (κ3) is 3.26. The van der Waals surface area contributed by atoms with Crippen LogP contribution in [0.5, 0.6) is 0 Å². The molecule has 0 bridgehead atoms. The van der Waals surface area contributed by atoms with Crippen molar-refractivity contribution in [3.63, 3.8) is 0 Å². The van der Waals surface area contributed by atoms with Crippen LogP contribution in [0.3, 0.4) is 0 Å². The minimum absolute atomic E-state index is 0.0507. The number of aromatic nitrogens is 5. The zero-order chi connectivity index (χ0) is 17.1. The number of H-pyrrole nitrogens is 1. The number of imidazole rings is 1. The summed E-state index contributed by atoms with van der Waals surface area (Å²) in [6.07, 6.45) is 4.81. The second-order valence-corrected chi connectivity index (χ2v) is 5.79. The van der Waals surface area contributed by atoms with Crippen LogP contribution in [0.15, 0.2) is 37.1 Å². The molecule has 1 aliphatic heterocycles. The van der Waals surface area contributed by atoms with Crippen LogP contribution < -0.4 is 15.5 Å². The van der Waals surface area contributed by atoms with E-state index in [0.29, 0.717) is 25.3 Å². The van der Waals surface area contributed by atoms with Crippen molar-refractivity contribution in [2.24, 2.45) is 0 Å². The number of carbonyl (C=O) groups excluding carboxylic acids is 1. The Bertz CT molecular complexity index is 865. The number of nitrogens with one attached hydrogen (secondary N) is 3. The molecular weight excluding hydrogens is 320 g/mol. The van der Waals surface area contributed by atoms with E-state index in [4.69, 9.17) is 0 Å². The summed E-state index contributed by atoms with van der Waals surface area (Å²) in [6, 6.07) is 5.32. The van der Waals surface area contributed by atoms with Gasteiger partial charge in [-0.05, 0) is 12.1 Å². The fourth-order valence-corrected chi connectivity index (χ4v) is 2.91. The average Bonchev–Trinajstić information content (AvgIpc) is 3.16. The van der Waals surface area contributed by atoms with Crippen LogP contribution in [0, 0.1) is 0 Å². The van der Waals surface area contributed by atoms with Gasteiger partial charge in [-0.25, -0.2) is 15.0 Å². The Morgan fingerprint density at radius 2 is 2.24 bits per heavy atom. The average molecular weight is 338 g/mol. The van der Waals surface area contributed by atoms with Gasteiger partial charge in [-0.3, -0.25) is 9.78 Å². The molecule has 3 aromatic heterocycles. The summed E-state index contributed by atoms with van der Waals surface area (Å²) in [7, 11) is 0. The summed E-state index contributed by atoms with van der Waals surface area (Å²) in [5, 5.41) is 6.18. The highest BCUT2D eigenvalue weighted by molar-refractivity contribution is 5.85. The van der Waals surface area contributed by atoms with Crippen molar-refractivity contribution in [3.8, 4) is 0 Å². The molecule has 1 amide bonds. The number of aromatic amines is 1. The third-order valence-corrected chi connectivity index (χ3v) is 4.16. The number of amides is 1. The van der Waals surface area contributed by atoms with E-state index >= 15 is 0 Å². The molecule has 0 saturated carbocycles. The lowest BCUT2D eigenvalue weighted by Crippen LogP contribution is -2.57. The molecule has 0 spiro atoms. The Labute approximate surface area is 143 Å². The van der Waals surface area contributed by atoms with Crippen LogP contribution in [0.1, 0.15) is 5.69 Å². The van der Waals surface area contributed by atoms with Crippen LogP contribution in [0.2, 0.25) is 0 Å². The molecule has 9 nitrogen and oxygen atoms in total. The number of nitrogens with zero attached hydrogens (tertiary/aromatic N) is 5. The molecule has 1 saturated heterocycles. The lowest BCUT2D eigenvalue weighted by atomic mass is 10.2. The minimum atomic E-state index is -0.314. The van der Waals surface area contributed by atoms with E-state index in [1.807, 2.05) is 18.2 Å². The minimum Gasteiger partial charge on any atom is -0.351 e. The third-order valence-electron chi connectivity index (χ3n) is 4.16. The summed E-state index contributed by atoms with van der Waals surface area (Å²) < 4.78 is 0. The molecule has 0 radical (unpaired) electrons. The van der Waals surface area contributed by atoms with Gasteiger partial charge in [-0.15, -0.1) is 0 Å². The van der Waals surface area contributed by atoms with Crippen molar-refractivity contribution in [1.29, 1.82) is 0 Å². The van der Waals surface area contributed by atoms with Gasteiger partial charge in [-0.2, -0.15) is 0 Å². The monoisotopic (exact) mass is 338 g/mol. The largest absolute Gasteiger partial charge is 0.351 e. The predicted molar refractivity (Wildman–Crippen MR) is 91.8 cm³/mol. The first kappa shape index (κ1) is 15.5. The van der Waals surface area contributed by atoms with Crippen molar-refractivity contribution >= 4 is 22.9 Å². The molecule has 1 aliphatic rings. The highest BCUT2D eigenvalue weighted by Crippen LogP contribution is 2.20. The van der Waals surface area contributed by atoms with Crippen LogP contribution in [0.4, 0.5) is 5.82 Å². The zero-order valence-corrected chi connectivity index (χ0v) is 13.5. The Hall–Kier alpha value is -3.07. The fourth-order valence-electron chi connectivity index (χ4n) is 2.91. The first-order valence-electron chi connectivity index (χ1n) is 8.11. The smallest absolute Gasteiger partial charge is 0.239 e. The van der Waals surface area contributed by atoms with Gasteiger partial charge in [0.1, 0.15) is 17.9 Å². The highest BCUT2D eigenvalue weighted by atomic mass is 16.2. The number of fused-ring (bicyclic) bond motifs is 1. The molecule has 4 rings (SSSR count). The van der Waals surface area contributed by atoms with E-state index in [-0.39, 0.29) is 11.9 Å². The number of pyridine rings is 1. The Morgan fingerprint density at radius 3 is 3.12 bits per heavy atom. The maximum atomic E-state index is 12.5. The van der Waals surface area contributed by atoms with Crippen molar-refractivity contribution in [3.05, 3.63) is 42.7 Å². The molecule has 25 heavy (non-hydrogen) atoms. The first-order chi connectivity index (χ1) is 12.3. The molecule has 3 aromatic rings. The molecule has 9 heteroatoms. The van der Waals surface area contributed by atoms with E-state index < -0.39 is 0 Å². The van der Waals surface area contributed by atoms with E-state index in [1.54, 1.807) is 12.5 Å². The zero-order valence-electron chi connectivity index (χ0n) is 13.5. The molecule has 0 aromatic carbocycles. The first-order valence-corrected chi connectivity index (χ1v) is 8.11. The van der Waals surface area contributed by atoms with Crippen molar-refractivity contribution in [2.45, 2.75) is 12.6 Å². The molecule has 1 unspecified atom stereocenters. The summed E-state index contributed by atoms with van der Waals surface area (Å²) in [5.74, 6) is 0.719. The molecule has 0 aliphatic carbocycles. The topological polar surface area (TPSA) is 112 Å². The van der Waals surface area contributed by atoms with Gasteiger partial charge in [0.25, 0.3) is 0 Å². The van der Waals surface area contributed by atoms with Crippen LogP contribution in [-0.2, 0) is 11.3 Å². The summed E-state index contributed by atoms with van der Waals surface area (Å²) >= 11 is 0.